The van der Waals surface area contributed by atoms with Crippen LogP contribution in [0.2, 0.25) is 5.02 Å². The third-order valence-electron chi connectivity index (χ3n) is 4.50. The Bertz CT molecular complexity index is 549. The maximum atomic E-state index is 13.9. The summed E-state index contributed by atoms with van der Waals surface area (Å²) in [5, 5.41) is 17.4. The molecule has 1 saturated heterocycles. The van der Waals surface area contributed by atoms with Gasteiger partial charge in [-0.3, -0.25) is 4.79 Å². The smallest absolute Gasteiger partial charge is 0.216 e. The Balaban J connectivity index is 2.22. The number of halogens is 2. The Morgan fingerprint density at radius 1 is 1.57 bits per heavy atom. The highest BCUT2D eigenvalue weighted by atomic mass is 35.5. The lowest BCUT2D eigenvalue weighted by atomic mass is 9.74. The van der Waals surface area contributed by atoms with E-state index < -0.39 is 11.4 Å². The quantitative estimate of drug-likeness (QED) is 0.696. The van der Waals surface area contributed by atoms with Crippen molar-refractivity contribution >= 4 is 17.5 Å². The van der Waals surface area contributed by atoms with Crippen LogP contribution in [0.3, 0.4) is 0 Å². The Hall–Kier alpha value is -1.17. The Morgan fingerprint density at radius 2 is 2.35 bits per heavy atom. The van der Waals surface area contributed by atoms with Gasteiger partial charge < -0.3 is 15.7 Å². The Kier molecular flexibility index (Phi) is 6.39. The Labute approximate surface area is 141 Å². The van der Waals surface area contributed by atoms with Crippen molar-refractivity contribution in [1.29, 1.82) is 0 Å². The summed E-state index contributed by atoms with van der Waals surface area (Å²) in [6.07, 6.45) is 2.84. The van der Waals surface area contributed by atoms with Gasteiger partial charge in [-0.15, -0.1) is 0 Å². The molecule has 1 aromatic carbocycles. The molecule has 0 bridgehead atoms. The van der Waals surface area contributed by atoms with Crippen molar-refractivity contribution in [3.63, 3.8) is 0 Å². The molecule has 4 nitrogen and oxygen atoms in total. The van der Waals surface area contributed by atoms with Crippen molar-refractivity contribution in [1.82, 2.24) is 10.6 Å². The first-order valence-corrected chi connectivity index (χ1v) is 8.45. The number of carbonyl (C=O) groups is 1. The number of hydrogen-bond acceptors (Lipinski definition) is 3. The molecule has 1 aromatic rings. The largest absolute Gasteiger partial charge is 0.385 e. The maximum absolute atomic E-state index is 13.9. The SMILES string of the molecule is CC(=O)NCCCC(O)(c1cccc(F)c1Cl)C1CCCNC1. The van der Waals surface area contributed by atoms with Gasteiger partial charge in [0.25, 0.3) is 0 Å². The highest BCUT2D eigenvalue weighted by Crippen LogP contribution is 2.41. The second-order valence-electron chi connectivity index (χ2n) is 6.16. The molecule has 2 rings (SSSR count). The zero-order chi connectivity index (χ0) is 16.9. The van der Waals surface area contributed by atoms with E-state index in [2.05, 4.69) is 10.6 Å². The number of nitrogens with one attached hydrogen (secondary N) is 2. The summed E-state index contributed by atoms with van der Waals surface area (Å²) < 4.78 is 13.9. The van der Waals surface area contributed by atoms with Crippen LogP contribution in [0.15, 0.2) is 18.2 Å². The van der Waals surface area contributed by atoms with Crippen LogP contribution >= 0.6 is 11.6 Å². The van der Waals surface area contributed by atoms with Gasteiger partial charge in [-0.05, 0) is 38.3 Å². The van der Waals surface area contributed by atoms with E-state index >= 15 is 0 Å². The van der Waals surface area contributed by atoms with Crippen LogP contribution in [0, 0.1) is 11.7 Å². The number of hydrogen-bond donors (Lipinski definition) is 3. The summed E-state index contributed by atoms with van der Waals surface area (Å²) in [7, 11) is 0. The summed E-state index contributed by atoms with van der Waals surface area (Å²) in [5.74, 6) is -0.655. The van der Waals surface area contributed by atoms with Crippen LogP contribution in [0.1, 0.15) is 38.2 Å². The second-order valence-corrected chi connectivity index (χ2v) is 6.53. The van der Waals surface area contributed by atoms with E-state index in [-0.39, 0.29) is 16.8 Å². The fourth-order valence-electron chi connectivity index (χ4n) is 3.28. The molecule has 1 heterocycles. The van der Waals surface area contributed by atoms with Crippen LogP contribution in [0.25, 0.3) is 0 Å². The van der Waals surface area contributed by atoms with Gasteiger partial charge in [0.15, 0.2) is 0 Å². The molecule has 1 aliphatic rings. The predicted molar refractivity (Wildman–Crippen MR) is 88.8 cm³/mol. The first-order chi connectivity index (χ1) is 10.9. The van der Waals surface area contributed by atoms with E-state index in [0.29, 0.717) is 31.5 Å². The van der Waals surface area contributed by atoms with Gasteiger partial charge in [0, 0.05) is 31.5 Å². The van der Waals surface area contributed by atoms with Gasteiger partial charge >= 0.3 is 0 Å². The van der Waals surface area contributed by atoms with Gasteiger partial charge in [-0.2, -0.15) is 0 Å². The molecule has 0 aliphatic carbocycles. The van der Waals surface area contributed by atoms with Gasteiger partial charge in [0.05, 0.1) is 10.6 Å². The first-order valence-electron chi connectivity index (χ1n) is 8.07. The van der Waals surface area contributed by atoms with Crippen molar-refractivity contribution in [2.45, 2.75) is 38.2 Å². The molecule has 1 amide bonds. The van der Waals surface area contributed by atoms with Crippen molar-refractivity contribution in [2.75, 3.05) is 19.6 Å². The minimum atomic E-state index is -1.20. The van der Waals surface area contributed by atoms with Gasteiger partial charge in [-0.25, -0.2) is 4.39 Å². The summed E-state index contributed by atoms with van der Waals surface area (Å²) in [6.45, 7) is 3.53. The molecule has 2 unspecified atom stereocenters. The number of rotatable bonds is 6. The molecule has 2 atom stereocenters. The highest BCUT2D eigenvalue weighted by Gasteiger charge is 2.40. The van der Waals surface area contributed by atoms with E-state index in [4.69, 9.17) is 11.6 Å². The zero-order valence-corrected chi connectivity index (χ0v) is 14.1. The molecule has 3 N–H and O–H groups in total. The molecule has 0 saturated carbocycles. The maximum Gasteiger partial charge on any atom is 0.216 e. The number of amides is 1. The molecular formula is C17H24ClFN2O2. The fraction of sp³-hybridized carbons (Fsp3) is 0.588. The highest BCUT2D eigenvalue weighted by molar-refractivity contribution is 6.31. The van der Waals surface area contributed by atoms with E-state index in [1.165, 1.54) is 13.0 Å². The molecule has 1 aliphatic heterocycles. The van der Waals surface area contributed by atoms with E-state index in [0.717, 1.165) is 19.4 Å². The first kappa shape index (κ1) is 18.2. The van der Waals surface area contributed by atoms with Crippen LogP contribution in [-0.2, 0) is 10.4 Å². The van der Waals surface area contributed by atoms with Gasteiger partial charge in [-0.1, -0.05) is 23.7 Å². The molecule has 0 spiro atoms. The van der Waals surface area contributed by atoms with E-state index in [1.807, 2.05) is 0 Å². The molecule has 23 heavy (non-hydrogen) atoms. The Morgan fingerprint density at radius 3 is 3.00 bits per heavy atom. The monoisotopic (exact) mass is 342 g/mol. The predicted octanol–water partition coefficient (Wildman–Crippen LogP) is 2.58. The minimum absolute atomic E-state index is 0.0138. The number of carbonyl (C=O) groups excluding carboxylic acids is 1. The lowest BCUT2D eigenvalue weighted by Crippen LogP contribution is -2.45. The lowest BCUT2D eigenvalue weighted by Gasteiger charge is -2.40. The van der Waals surface area contributed by atoms with Crippen molar-refractivity contribution in [3.05, 3.63) is 34.6 Å². The van der Waals surface area contributed by atoms with Crippen molar-refractivity contribution in [2.24, 2.45) is 5.92 Å². The fourth-order valence-corrected chi connectivity index (χ4v) is 3.57. The normalized spacial score (nSPS) is 20.8. The molecule has 0 radical (unpaired) electrons. The number of piperidine rings is 1. The molecule has 128 valence electrons. The lowest BCUT2D eigenvalue weighted by molar-refractivity contribution is -0.119. The summed E-state index contributed by atoms with van der Waals surface area (Å²) in [5.41, 5.74) is -0.763. The third kappa shape index (κ3) is 4.43. The summed E-state index contributed by atoms with van der Waals surface area (Å²) in [6, 6.07) is 4.56. The molecule has 6 heteroatoms. The summed E-state index contributed by atoms with van der Waals surface area (Å²) >= 11 is 6.13. The van der Waals surface area contributed by atoms with Crippen LogP contribution < -0.4 is 10.6 Å². The van der Waals surface area contributed by atoms with Crippen molar-refractivity contribution < 1.29 is 14.3 Å². The number of benzene rings is 1. The molecule has 0 aromatic heterocycles. The topological polar surface area (TPSA) is 61.4 Å². The molecule has 1 fully saturated rings. The number of aliphatic hydroxyl groups is 1. The average molecular weight is 343 g/mol. The minimum Gasteiger partial charge on any atom is -0.385 e. The molecular weight excluding hydrogens is 319 g/mol. The van der Waals surface area contributed by atoms with Gasteiger partial charge in [0.1, 0.15) is 5.82 Å². The van der Waals surface area contributed by atoms with E-state index in [1.54, 1.807) is 12.1 Å². The van der Waals surface area contributed by atoms with Crippen molar-refractivity contribution in [3.8, 4) is 0 Å². The standard InChI is InChI=1S/C17H24ClFN2O2/c1-12(22)21-10-4-8-17(23,13-5-3-9-20-11-13)14-6-2-7-15(19)16(14)18/h2,6-7,13,20,23H,3-5,8-11H2,1H3,(H,21,22). The average Bonchev–Trinajstić information content (AvgIpc) is 2.54. The summed E-state index contributed by atoms with van der Waals surface area (Å²) in [4.78, 5) is 11.0. The van der Waals surface area contributed by atoms with Gasteiger partial charge in [0.2, 0.25) is 5.91 Å². The third-order valence-corrected chi connectivity index (χ3v) is 4.88. The van der Waals surface area contributed by atoms with Crippen LogP contribution in [-0.4, -0.2) is 30.6 Å². The zero-order valence-electron chi connectivity index (χ0n) is 13.4. The van der Waals surface area contributed by atoms with Crippen LogP contribution in [0.4, 0.5) is 4.39 Å². The second kappa shape index (κ2) is 8.08. The van der Waals surface area contributed by atoms with E-state index in [9.17, 15) is 14.3 Å². The van der Waals surface area contributed by atoms with Crippen LogP contribution in [0.5, 0.6) is 0 Å².